The van der Waals surface area contributed by atoms with Crippen LogP contribution in [0.5, 0.6) is 0 Å². The molecule has 18 heteroatoms. The van der Waals surface area contributed by atoms with Crippen molar-refractivity contribution in [2.24, 2.45) is 0 Å². The first-order valence-electron chi connectivity index (χ1n) is 15.3. The van der Waals surface area contributed by atoms with Crippen molar-refractivity contribution in [3.63, 3.8) is 0 Å². The number of ether oxygens (including phenoxy) is 5. The molecule has 2 amide bonds. The van der Waals surface area contributed by atoms with Crippen molar-refractivity contribution in [2.45, 2.75) is 145 Å². The molecule has 10 N–H and O–H groups in total. The van der Waals surface area contributed by atoms with Gasteiger partial charge in [-0.15, -0.1) is 0 Å². The van der Waals surface area contributed by atoms with E-state index in [9.17, 15) is 55.2 Å². The normalized spacial score (nSPS) is 41.9. The molecule has 46 heavy (non-hydrogen) atoms. The van der Waals surface area contributed by atoms with Gasteiger partial charge in [0.05, 0.1) is 37.0 Å². The molecule has 3 heterocycles. The number of amides is 2. The maximum Gasteiger partial charge on any atom is 0.335 e. The largest absolute Gasteiger partial charge is 0.479 e. The average Bonchev–Trinajstić information content (AvgIpc) is 3.00. The monoisotopic (exact) mass is 668 g/mol. The summed E-state index contributed by atoms with van der Waals surface area (Å²) in [5.74, 6) is -2.76. The van der Waals surface area contributed by atoms with Gasteiger partial charge >= 0.3 is 5.97 Å². The van der Waals surface area contributed by atoms with Crippen LogP contribution in [-0.2, 0) is 38.1 Å². The van der Waals surface area contributed by atoms with Gasteiger partial charge in [0.1, 0.15) is 61.0 Å². The Hall–Kier alpha value is -2.07. The first-order valence-corrected chi connectivity index (χ1v) is 15.3. The molecular formula is C28H48N2O16. The number of hydrogen-bond donors (Lipinski definition) is 10. The molecule has 0 spiro atoms. The smallest absolute Gasteiger partial charge is 0.335 e. The van der Waals surface area contributed by atoms with Crippen LogP contribution in [0.25, 0.3) is 0 Å². The second-order valence-corrected chi connectivity index (χ2v) is 12.0. The Kier molecular flexibility index (Phi) is 13.3. The van der Waals surface area contributed by atoms with Crippen molar-refractivity contribution in [1.29, 1.82) is 0 Å². The highest BCUT2D eigenvalue weighted by atomic mass is 16.7. The molecule has 15 unspecified atom stereocenters. The molecule has 0 aromatic heterocycles. The van der Waals surface area contributed by atoms with Gasteiger partial charge in [-0.1, -0.05) is 13.8 Å². The number of nitrogens with one attached hydrogen (secondary N) is 2. The van der Waals surface area contributed by atoms with E-state index in [1.807, 2.05) is 0 Å². The average molecular weight is 669 g/mol. The number of aliphatic hydroxyl groups excluding tert-OH is 7. The molecular weight excluding hydrogens is 620 g/mol. The standard InChI is InChI=1S/C28H48N2O16/c1-6-28(7-2,25-16(30-12(5)34)19(37)17(35)13(8-31)43-25)46-23-20(38)21(39)27(45-24(23)26(40)41)44-22-15(29-11(4)33)10(3)42-14(9-32)18(22)36/h10,13-25,27,31-32,35-39H,6-9H2,1-5H3,(H,29,33)(H,30,34)(H,40,41). The van der Waals surface area contributed by atoms with E-state index in [1.54, 1.807) is 13.8 Å². The third-order valence-electron chi connectivity index (χ3n) is 8.98. The molecule has 266 valence electrons. The zero-order chi connectivity index (χ0) is 34.7. The van der Waals surface area contributed by atoms with Gasteiger partial charge in [0.25, 0.3) is 0 Å². The number of carboxylic acids is 1. The number of hydrogen-bond acceptors (Lipinski definition) is 15. The first-order chi connectivity index (χ1) is 21.6. The van der Waals surface area contributed by atoms with Gasteiger partial charge < -0.3 is 75.2 Å². The van der Waals surface area contributed by atoms with E-state index in [-0.39, 0.29) is 12.8 Å². The zero-order valence-electron chi connectivity index (χ0n) is 26.3. The topological polar surface area (TPSA) is 283 Å². The minimum atomic E-state index is -2.01. The lowest BCUT2D eigenvalue weighted by Gasteiger charge is -2.53. The summed E-state index contributed by atoms with van der Waals surface area (Å²) in [6.45, 7) is 5.81. The van der Waals surface area contributed by atoms with Crippen LogP contribution in [0, 0.1) is 0 Å². The second kappa shape index (κ2) is 15.9. The van der Waals surface area contributed by atoms with Gasteiger partial charge in [-0.3, -0.25) is 9.59 Å². The van der Waals surface area contributed by atoms with Crippen LogP contribution in [0.15, 0.2) is 0 Å². The van der Waals surface area contributed by atoms with Crippen LogP contribution in [0.2, 0.25) is 0 Å². The fourth-order valence-electron chi connectivity index (χ4n) is 6.44. The van der Waals surface area contributed by atoms with E-state index in [2.05, 4.69) is 10.6 Å². The van der Waals surface area contributed by atoms with Crippen molar-refractivity contribution in [3.8, 4) is 0 Å². The van der Waals surface area contributed by atoms with Crippen LogP contribution in [-0.4, -0.2) is 169 Å². The summed E-state index contributed by atoms with van der Waals surface area (Å²) in [6, 6.07) is -2.34. The molecule has 0 radical (unpaired) electrons. The summed E-state index contributed by atoms with van der Waals surface area (Å²) in [6.07, 6.45) is -20.4. The molecule has 3 aliphatic rings. The van der Waals surface area contributed by atoms with E-state index in [1.165, 1.54) is 20.8 Å². The van der Waals surface area contributed by atoms with Crippen molar-refractivity contribution < 1.29 is 78.9 Å². The van der Waals surface area contributed by atoms with E-state index in [0.717, 1.165) is 0 Å². The number of carboxylic acid groups (broad SMARTS) is 1. The maximum atomic E-state index is 12.5. The van der Waals surface area contributed by atoms with E-state index >= 15 is 0 Å². The maximum absolute atomic E-state index is 12.5. The summed E-state index contributed by atoms with van der Waals surface area (Å²) in [7, 11) is 0. The zero-order valence-corrected chi connectivity index (χ0v) is 26.3. The number of aliphatic carboxylic acids is 1. The van der Waals surface area contributed by atoms with Gasteiger partial charge in [0.2, 0.25) is 11.8 Å². The molecule has 0 saturated carbocycles. The van der Waals surface area contributed by atoms with E-state index in [0.29, 0.717) is 0 Å². The molecule has 3 fully saturated rings. The Bertz CT molecular complexity index is 1050. The van der Waals surface area contributed by atoms with Crippen molar-refractivity contribution >= 4 is 17.8 Å². The second-order valence-electron chi connectivity index (χ2n) is 12.0. The van der Waals surface area contributed by atoms with Crippen LogP contribution in [0.4, 0.5) is 0 Å². The lowest BCUT2D eigenvalue weighted by molar-refractivity contribution is -0.346. The van der Waals surface area contributed by atoms with Crippen LogP contribution in [0.1, 0.15) is 47.5 Å². The predicted molar refractivity (Wildman–Crippen MR) is 152 cm³/mol. The Morgan fingerprint density at radius 2 is 1.28 bits per heavy atom. The Labute approximate surface area is 265 Å². The van der Waals surface area contributed by atoms with Gasteiger partial charge in [-0.2, -0.15) is 0 Å². The summed E-state index contributed by atoms with van der Waals surface area (Å²) in [5.41, 5.74) is -1.60. The molecule has 0 aliphatic carbocycles. The molecule has 15 atom stereocenters. The Morgan fingerprint density at radius 1 is 0.739 bits per heavy atom. The lowest BCUT2D eigenvalue weighted by Crippen LogP contribution is -2.72. The van der Waals surface area contributed by atoms with Crippen LogP contribution in [0.3, 0.4) is 0 Å². The van der Waals surface area contributed by atoms with Crippen LogP contribution < -0.4 is 10.6 Å². The molecule has 3 rings (SSSR count). The van der Waals surface area contributed by atoms with Gasteiger partial charge in [0.15, 0.2) is 12.4 Å². The van der Waals surface area contributed by atoms with Crippen molar-refractivity contribution in [1.82, 2.24) is 10.6 Å². The number of aliphatic hydroxyl groups is 7. The Morgan fingerprint density at radius 3 is 1.78 bits per heavy atom. The quantitative estimate of drug-likeness (QED) is 0.0937. The highest BCUT2D eigenvalue weighted by Gasteiger charge is 2.58. The van der Waals surface area contributed by atoms with Crippen molar-refractivity contribution in [3.05, 3.63) is 0 Å². The summed E-state index contributed by atoms with van der Waals surface area (Å²) in [5, 5.41) is 89.4. The summed E-state index contributed by atoms with van der Waals surface area (Å²) < 4.78 is 29.2. The predicted octanol–water partition coefficient (Wildman–Crippen LogP) is -4.52. The highest BCUT2D eigenvalue weighted by Crippen LogP contribution is 2.39. The number of rotatable bonds is 12. The lowest BCUT2D eigenvalue weighted by atomic mass is 9.79. The molecule has 3 aliphatic heterocycles. The number of carbonyl (C=O) groups excluding carboxylic acids is 2. The minimum Gasteiger partial charge on any atom is -0.479 e. The molecule has 0 aromatic carbocycles. The minimum absolute atomic E-state index is 0.0316. The molecule has 0 bridgehead atoms. The van der Waals surface area contributed by atoms with E-state index < -0.39 is 128 Å². The van der Waals surface area contributed by atoms with Crippen LogP contribution >= 0.6 is 0 Å². The summed E-state index contributed by atoms with van der Waals surface area (Å²) in [4.78, 5) is 36.5. The van der Waals surface area contributed by atoms with Gasteiger partial charge in [-0.25, -0.2) is 4.79 Å². The van der Waals surface area contributed by atoms with E-state index in [4.69, 9.17) is 23.7 Å². The third-order valence-corrected chi connectivity index (χ3v) is 8.98. The van der Waals surface area contributed by atoms with Gasteiger partial charge in [0, 0.05) is 13.8 Å². The Balaban J connectivity index is 1.96. The first kappa shape index (κ1) is 38.4. The fourth-order valence-corrected chi connectivity index (χ4v) is 6.44. The van der Waals surface area contributed by atoms with Gasteiger partial charge in [-0.05, 0) is 19.8 Å². The third kappa shape index (κ3) is 7.79. The highest BCUT2D eigenvalue weighted by molar-refractivity contribution is 5.74. The number of carbonyl (C=O) groups is 3. The molecule has 18 nitrogen and oxygen atoms in total. The molecule has 3 saturated heterocycles. The SMILES string of the molecule is CCC(CC)(OC1C(C(=O)O)OC(OC2C(O)C(CO)OC(C)C2NC(C)=O)C(O)C1O)C1OC(CO)C(O)C(O)C1NC(C)=O. The summed E-state index contributed by atoms with van der Waals surface area (Å²) >= 11 is 0. The fraction of sp³-hybridized carbons (Fsp3) is 0.893. The van der Waals surface area contributed by atoms with Crippen molar-refractivity contribution in [2.75, 3.05) is 13.2 Å². The molecule has 0 aromatic rings.